The van der Waals surface area contributed by atoms with Gasteiger partial charge in [0.2, 0.25) is 11.8 Å². The summed E-state index contributed by atoms with van der Waals surface area (Å²) in [5.74, 6) is -3.31. The van der Waals surface area contributed by atoms with Crippen molar-refractivity contribution in [2.45, 2.75) is 38.9 Å². The molecule has 222 valence electrons. The number of nitrogens with zero attached hydrogens (tertiary/aromatic N) is 3. The lowest BCUT2D eigenvalue weighted by molar-refractivity contribution is -0.137. The van der Waals surface area contributed by atoms with Crippen LogP contribution in [0.3, 0.4) is 0 Å². The molecule has 2 atom stereocenters. The zero-order valence-corrected chi connectivity index (χ0v) is 23.4. The summed E-state index contributed by atoms with van der Waals surface area (Å²) in [4.78, 5) is 41.2. The molecule has 1 aliphatic heterocycles. The zero-order valence-electron chi connectivity index (χ0n) is 23.4. The quantitative estimate of drug-likeness (QED) is 0.199. The molecule has 1 aliphatic rings. The van der Waals surface area contributed by atoms with Gasteiger partial charge in [-0.15, -0.1) is 0 Å². The summed E-state index contributed by atoms with van der Waals surface area (Å²) in [6.07, 6.45) is -5.06. The Balaban J connectivity index is 1.70. The van der Waals surface area contributed by atoms with E-state index in [1.807, 2.05) is 30.3 Å². The van der Waals surface area contributed by atoms with Gasteiger partial charge in [-0.1, -0.05) is 42.5 Å². The number of alkyl halides is 3. The molecule has 0 radical (unpaired) electrons. The topological polar surface area (TPSA) is 84.3 Å². The highest BCUT2D eigenvalue weighted by Gasteiger charge is 2.46. The fourth-order valence-corrected chi connectivity index (χ4v) is 5.55. The summed E-state index contributed by atoms with van der Waals surface area (Å²) in [7, 11) is 0. The van der Waals surface area contributed by atoms with E-state index in [2.05, 4.69) is 5.32 Å². The van der Waals surface area contributed by atoms with Gasteiger partial charge < -0.3 is 5.32 Å². The highest BCUT2D eigenvalue weighted by molar-refractivity contribution is 6.04. The maximum atomic E-state index is 14.2. The third kappa shape index (κ3) is 5.93. The van der Waals surface area contributed by atoms with Crippen LogP contribution in [0.25, 0.3) is 5.69 Å². The van der Waals surface area contributed by atoms with Crippen molar-refractivity contribution in [3.05, 3.63) is 113 Å². The number of anilines is 1. The van der Waals surface area contributed by atoms with Crippen LogP contribution in [-0.2, 0) is 22.3 Å². The van der Waals surface area contributed by atoms with Gasteiger partial charge in [0.15, 0.2) is 5.78 Å². The minimum absolute atomic E-state index is 0.00916. The Kier molecular flexibility index (Phi) is 8.16. The number of benzene rings is 3. The van der Waals surface area contributed by atoms with Gasteiger partial charge in [-0.05, 0) is 48.9 Å². The molecule has 5 rings (SSSR count). The lowest BCUT2D eigenvalue weighted by Crippen LogP contribution is -2.45. The minimum atomic E-state index is -4.65. The second-order valence-corrected chi connectivity index (χ2v) is 10.3. The molecule has 0 unspecified atom stereocenters. The van der Waals surface area contributed by atoms with Gasteiger partial charge in [0.05, 0.1) is 29.4 Å². The Morgan fingerprint density at radius 1 is 0.977 bits per heavy atom. The number of halogens is 4. The Morgan fingerprint density at radius 3 is 2.30 bits per heavy atom. The molecule has 4 aromatic rings. The first kappa shape index (κ1) is 29.7. The Bertz CT molecular complexity index is 1670. The summed E-state index contributed by atoms with van der Waals surface area (Å²) in [6.45, 7) is 3.33. The van der Waals surface area contributed by atoms with Crippen molar-refractivity contribution >= 4 is 23.4 Å². The molecule has 0 bridgehead atoms. The molecule has 0 spiro atoms. The summed E-state index contributed by atoms with van der Waals surface area (Å²) in [6, 6.07) is 18.7. The molecular formula is C32H28F4N4O3. The zero-order chi connectivity index (χ0) is 30.9. The van der Waals surface area contributed by atoms with Gasteiger partial charge in [-0.3, -0.25) is 19.3 Å². The first-order chi connectivity index (χ1) is 20.5. The number of fused-ring (bicyclic) bond motifs is 1. The molecule has 1 aromatic heterocycles. The second-order valence-electron chi connectivity index (χ2n) is 10.3. The number of carbonyl (C=O) groups excluding carboxylic acids is 3. The van der Waals surface area contributed by atoms with E-state index in [0.717, 1.165) is 18.2 Å². The van der Waals surface area contributed by atoms with Crippen molar-refractivity contribution in [2.75, 3.05) is 11.4 Å². The highest BCUT2D eigenvalue weighted by atomic mass is 19.4. The fraction of sp³-hybridized carbons (Fsp3) is 0.250. The van der Waals surface area contributed by atoms with Crippen molar-refractivity contribution in [2.24, 2.45) is 5.92 Å². The van der Waals surface area contributed by atoms with E-state index in [1.54, 1.807) is 11.6 Å². The third-order valence-corrected chi connectivity index (χ3v) is 7.49. The number of Topliss-reactive ketones (excluding diaryl/α,β-unsaturated/α-hetero) is 1. The number of hydrogen-bond donors (Lipinski definition) is 1. The summed E-state index contributed by atoms with van der Waals surface area (Å²) in [5, 5.41) is 7.55. The van der Waals surface area contributed by atoms with Crippen LogP contribution in [0.2, 0.25) is 0 Å². The van der Waals surface area contributed by atoms with Gasteiger partial charge in [-0.25, -0.2) is 9.07 Å². The summed E-state index contributed by atoms with van der Waals surface area (Å²) >= 11 is 0. The average Bonchev–Trinajstić information content (AvgIpc) is 3.36. The lowest BCUT2D eigenvalue weighted by atomic mass is 9.74. The Labute approximate surface area is 245 Å². The number of carbonyl (C=O) groups is 3. The summed E-state index contributed by atoms with van der Waals surface area (Å²) < 4.78 is 55.9. The van der Waals surface area contributed by atoms with Crippen LogP contribution in [0.5, 0.6) is 0 Å². The van der Waals surface area contributed by atoms with E-state index in [-0.39, 0.29) is 24.6 Å². The van der Waals surface area contributed by atoms with E-state index in [9.17, 15) is 31.9 Å². The number of nitrogens with one attached hydrogen (secondary N) is 1. The van der Waals surface area contributed by atoms with Crippen LogP contribution >= 0.6 is 0 Å². The predicted molar refractivity (Wildman–Crippen MR) is 151 cm³/mol. The smallest absolute Gasteiger partial charge is 0.351 e. The van der Waals surface area contributed by atoms with Crippen molar-refractivity contribution in [1.82, 2.24) is 15.1 Å². The molecule has 0 fully saturated rings. The number of aromatic nitrogens is 2. The van der Waals surface area contributed by atoms with Crippen molar-refractivity contribution in [3.63, 3.8) is 0 Å². The highest BCUT2D eigenvalue weighted by Crippen LogP contribution is 2.47. The number of hydrogen-bond acceptors (Lipinski definition) is 4. The van der Waals surface area contributed by atoms with Gasteiger partial charge >= 0.3 is 6.18 Å². The van der Waals surface area contributed by atoms with Crippen LogP contribution in [-0.4, -0.2) is 33.9 Å². The molecule has 1 N–H and O–H groups in total. The number of ketones is 1. The largest absolute Gasteiger partial charge is 0.416 e. The number of rotatable bonds is 8. The molecule has 2 heterocycles. The normalized spacial score (nSPS) is 16.6. The monoisotopic (exact) mass is 592 g/mol. The van der Waals surface area contributed by atoms with E-state index >= 15 is 0 Å². The molecule has 43 heavy (non-hydrogen) atoms. The van der Waals surface area contributed by atoms with E-state index in [0.29, 0.717) is 28.3 Å². The fourth-order valence-electron chi connectivity index (χ4n) is 5.55. The molecular weight excluding hydrogens is 564 g/mol. The maximum absolute atomic E-state index is 14.2. The molecule has 11 heteroatoms. The molecule has 7 nitrogen and oxygen atoms in total. The Morgan fingerprint density at radius 2 is 1.67 bits per heavy atom. The van der Waals surface area contributed by atoms with E-state index in [4.69, 9.17) is 5.10 Å². The molecule has 3 aromatic carbocycles. The minimum Gasteiger partial charge on any atom is -0.351 e. The lowest BCUT2D eigenvalue weighted by Gasteiger charge is -2.38. The standard InChI is InChI=1S/C32H28F4N4O3/c1-3-39-30-29(26(18-37-19(2)41)38-40(30)24-10-5-4-6-11-24)28(20-12-14-23(33)15-13-20)25(31(39)43)17-27(42)21-8-7-9-22(16-21)32(34,35)36/h4-16,25,28H,3,17-18H2,1-2H3,(H,37,41)/t25-,28+/m0/s1. The van der Waals surface area contributed by atoms with Crippen LogP contribution < -0.4 is 10.2 Å². The van der Waals surface area contributed by atoms with Crippen LogP contribution in [0.1, 0.15) is 58.9 Å². The average molecular weight is 593 g/mol. The molecule has 0 aliphatic carbocycles. The van der Waals surface area contributed by atoms with Crippen molar-refractivity contribution in [3.8, 4) is 5.69 Å². The second kappa shape index (κ2) is 11.8. The number of amides is 2. The SMILES string of the molecule is CCN1C(=O)[C@@H](CC(=O)c2cccc(C(F)(F)F)c2)[C@@H](c2ccc(F)cc2)c2c(CNC(C)=O)nn(-c3ccccc3)c21. The Hall–Kier alpha value is -4.80. The first-order valence-electron chi connectivity index (χ1n) is 13.7. The van der Waals surface area contributed by atoms with E-state index < -0.39 is 47.5 Å². The van der Waals surface area contributed by atoms with Gasteiger partial charge in [0.1, 0.15) is 11.6 Å². The molecule has 0 saturated heterocycles. The van der Waals surface area contributed by atoms with E-state index in [1.165, 1.54) is 42.2 Å². The van der Waals surface area contributed by atoms with Crippen molar-refractivity contribution < 1.29 is 31.9 Å². The predicted octanol–water partition coefficient (Wildman–Crippen LogP) is 6.05. The van der Waals surface area contributed by atoms with Crippen LogP contribution in [0.15, 0.2) is 78.9 Å². The van der Waals surface area contributed by atoms with Crippen LogP contribution in [0.4, 0.5) is 23.4 Å². The van der Waals surface area contributed by atoms with Crippen molar-refractivity contribution in [1.29, 1.82) is 0 Å². The third-order valence-electron chi connectivity index (χ3n) is 7.49. The number of para-hydroxylation sites is 1. The molecule has 2 amide bonds. The van der Waals surface area contributed by atoms with Gasteiger partial charge in [0.25, 0.3) is 0 Å². The maximum Gasteiger partial charge on any atom is 0.416 e. The van der Waals surface area contributed by atoms with Crippen LogP contribution in [0, 0.1) is 11.7 Å². The molecule has 0 saturated carbocycles. The van der Waals surface area contributed by atoms with Gasteiger partial charge in [-0.2, -0.15) is 18.3 Å². The first-order valence-corrected chi connectivity index (χ1v) is 13.7. The summed E-state index contributed by atoms with van der Waals surface area (Å²) in [5.41, 5.74) is 1.02. The van der Waals surface area contributed by atoms with Gasteiger partial charge in [0, 0.05) is 36.9 Å².